The Bertz CT molecular complexity index is 215. The topological polar surface area (TPSA) is 41.6 Å². The van der Waals surface area contributed by atoms with Gasteiger partial charge in [0.2, 0.25) is 5.91 Å². The number of ether oxygens (including phenoxy) is 1. The maximum absolute atomic E-state index is 12.0. The van der Waals surface area contributed by atoms with Gasteiger partial charge in [-0.3, -0.25) is 4.79 Å². The Labute approximate surface area is 105 Å². The van der Waals surface area contributed by atoms with Crippen LogP contribution >= 0.6 is 0 Å². The van der Waals surface area contributed by atoms with Gasteiger partial charge in [0.15, 0.2) is 0 Å². The maximum atomic E-state index is 12.0. The molecule has 0 spiro atoms. The van der Waals surface area contributed by atoms with E-state index >= 15 is 0 Å². The molecule has 100 valence electrons. The van der Waals surface area contributed by atoms with Gasteiger partial charge in [0.05, 0.1) is 13.0 Å². The largest absolute Gasteiger partial charge is 0.384 e. The van der Waals surface area contributed by atoms with E-state index in [1.54, 1.807) is 7.11 Å². The molecule has 17 heavy (non-hydrogen) atoms. The number of nitrogens with zero attached hydrogens (tertiary/aromatic N) is 1. The first-order chi connectivity index (χ1) is 8.27. The fourth-order valence-electron chi connectivity index (χ4n) is 2.28. The van der Waals surface area contributed by atoms with Gasteiger partial charge < -0.3 is 15.0 Å². The lowest BCUT2D eigenvalue weighted by molar-refractivity contribution is -0.132. The molecular weight excluding hydrogens is 216 g/mol. The molecule has 0 aromatic rings. The Morgan fingerprint density at radius 1 is 1.47 bits per heavy atom. The lowest BCUT2D eigenvalue weighted by Gasteiger charge is -2.30. The molecule has 1 fully saturated rings. The summed E-state index contributed by atoms with van der Waals surface area (Å²) in [6.45, 7) is 5.45. The van der Waals surface area contributed by atoms with Gasteiger partial charge in [-0.1, -0.05) is 13.3 Å². The molecule has 1 saturated heterocycles. The van der Waals surface area contributed by atoms with Crippen molar-refractivity contribution in [2.24, 2.45) is 0 Å². The third-order valence-electron chi connectivity index (χ3n) is 3.22. The SMILES string of the molecule is CCCN(CC1CCCCN1)C(=O)CCOC. The van der Waals surface area contributed by atoms with Crippen LogP contribution in [0.25, 0.3) is 0 Å². The average molecular weight is 242 g/mol. The summed E-state index contributed by atoms with van der Waals surface area (Å²) in [5.41, 5.74) is 0. The van der Waals surface area contributed by atoms with Gasteiger partial charge in [-0.25, -0.2) is 0 Å². The van der Waals surface area contributed by atoms with Crippen LogP contribution < -0.4 is 5.32 Å². The van der Waals surface area contributed by atoms with Crippen molar-refractivity contribution in [1.82, 2.24) is 10.2 Å². The Hall–Kier alpha value is -0.610. The van der Waals surface area contributed by atoms with Crippen molar-refractivity contribution in [2.45, 2.75) is 45.1 Å². The normalized spacial score (nSPS) is 20.2. The zero-order chi connectivity index (χ0) is 12.5. The summed E-state index contributed by atoms with van der Waals surface area (Å²) < 4.78 is 4.97. The van der Waals surface area contributed by atoms with Crippen molar-refractivity contribution in [3.63, 3.8) is 0 Å². The molecule has 4 heteroatoms. The highest BCUT2D eigenvalue weighted by atomic mass is 16.5. The van der Waals surface area contributed by atoms with Gasteiger partial charge in [-0.15, -0.1) is 0 Å². The van der Waals surface area contributed by atoms with E-state index in [0.29, 0.717) is 19.1 Å². The second kappa shape index (κ2) is 8.48. The van der Waals surface area contributed by atoms with Crippen molar-refractivity contribution in [3.05, 3.63) is 0 Å². The lowest BCUT2D eigenvalue weighted by atomic mass is 10.0. The van der Waals surface area contributed by atoms with Gasteiger partial charge >= 0.3 is 0 Å². The van der Waals surface area contributed by atoms with Crippen molar-refractivity contribution < 1.29 is 9.53 Å². The molecule has 1 heterocycles. The van der Waals surface area contributed by atoms with E-state index in [1.807, 2.05) is 4.90 Å². The van der Waals surface area contributed by atoms with Crippen LogP contribution in [0, 0.1) is 0 Å². The molecule has 0 bridgehead atoms. The predicted octanol–water partition coefficient (Wildman–Crippen LogP) is 1.40. The van der Waals surface area contributed by atoms with Crippen molar-refractivity contribution in [1.29, 1.82) is 0 Å². The smallest absolute Gasteiger partial charge is 0.224 e. The van der Waals surface area contributed by atoms with E-state index in [0.717, 1.165) is 26.1 Å². The van der Waals surface area contributed by atoms with E-state index in [2.05, 4.69) is 12.2 Å². The van der Waals surface area contributed by atoms with Gasteiger partial charge in [0.25, 0.3) is 0 Å². The standard InChI is InChI=1S/C13H26N2O2/c1-3-9-15(13(16)7-10-17-2)11-12-6-4-5-8-14-12/h12,14H,3-11H2,1-2H3. The van der Waals surface area contributed by atoms with Crippen LogP contribution in [0.3, 0.4) is 0 Å². The first-order valence-electron chi connectivity index (χ1n) is 6.78. The number of piperidine rings is 1. The molecule has 1 atom stereocenters. The molecule has 1 aliphatic rings. The first kappa shape index (κ1) is 14.5. The highest BCUT2D eigenvalue weighted by molar-refractivity contribution is 5.76. The lowest BCUT2D eigenvalue weighted by Crippen LogP contribution is -2.46. The van der Waals surface area contributed by atoms with Crippen LogP contribution in [0.5, 0.6) is 0 Å². The molecule has 1 amide bonds. The second-order valence-corrected chi connectivity index (χ2v) is 4.73. The summed E-state index contributed by atoms with van der Waals surface area (Å²) in [5, 5.41) is 3.49. The van der Waals surface area contributed by atoms with Crippen LogP contribution in [-0.2, 0) is 9.53 Å². The van der Waals surface area contributed by atoms with Crippen LogP contribution in [0.15, 0.2) is 0 Å². The number of amides is 1. The molecule has 0 aromatic heterocycles. The number of hydrogen-bond acceptors (Lipinski definition) is 3. The van der Waals surface area contributed by atoms with Crippen LogP contribution in [0.1, 0.15) is 39.0 Å². The third-order valence-corrected chi connectivity index (χ3v) is 3.22. The van der Waals surface area contributed by atoms with Crippen LogP contribution in [0.2, 0.25) is 0 Å². The molecule has 0 aliphatic carbocycles. The van der Waals surface area contributed by atoms with E-state index in [4.69, 9.17) is 4.74 Å². The number of hydrogen-bond donors (Lipinski definition) is 1. The summed E-state index contributed by atoms with van der Waals surface area (Å²) in [6, 6.07) is 0.488. The third kappa shape index (κ3) is 5.50. The minimum absolute atomic E-state index is 0.223. The molecule has 1 N–H and O–H groups in total. The van der Waals surface area contributed by atoms with Crippen LogP contribution in [0.4, 0.5) is 0 Å². The first-order valence-corrected chi connectivity index (χ1v) is 6.78. The maximum Gasteiger partial charge on any atom is 0.224 e. The molecule has 0 aromatic carbocycles. The highest BCUT2D eigenvalue weighted by Gasteiger charge is 2.19. The molecular formula is C13H26N2O2. The van der Waals surface area contributed by atoms with E-state index in [9.17, 15) is 4.79 Å². The summed E-state index contributed by atoms with van der Waals surface area (Å²) in [6.07, 6.45) is 5.26. The Morgan fingerprint density at radius 3 is 2.88 bits per heavy atom. The summed E-state index contributed by atoms with van der Waals surface area (Å²) in [4.78, 5) is 14.0. The minimum Gasteiger partial charge on any atom is -0.384 e. The quantitative estimate of drug-likeness (QED) is 0.734. The molecule has 0 radical (unpaired) electrons. The van der Waals surface area contributed by atoms with Crippen molar-refractivity contribution in [3.8, 4) is 0 Å². The molecule has 1 unspecified atom stereocenters. The molecule has 1 aliphatic heterocycles. The zero-order valence-corrected chi connectivity index (χ0v) is 11.2. The summed E-state index contributed by atoms with van der Waals surface area (Å²) in [7, 11) is 1.64. The van der Waals surface area contributed by atoms with Gasteiger partial charge in [0, 0.05) is 26.2 Å². The number of carbonyl (C=O) groups excluding carboxylic acids is 1. The zero-order valence-electron chi connectivity index (χ0n) is 11.2. The Kier molecular flexibility index (Phi) is 7.21. The van der Waals surface area contributed by atoms with E-state index in [-0.39, 0.29) is 5.91 Å². The van der Waals surface area contributed by atoms with Crippen molar-refractivity contribution >= 4 is 5.91 Å². The summed E-state index contributed by atoms with van der Waals surface area (Å²) in [5.74, 6) is 0.223. The molecule has 1 rings (SSSR count). The highest BCUT2D eigenvalue weighted by Crippen LogP contribution is 2.09. The number of nitrogens with one attached hydrogen (secondary N) is 1. The van der Waals surface area contributed by atoms with E-state index < -0.39 is 0 Å². The molecule has 4 nitrogen and oxygen atoms in total. The van der Waals surface area contributed by atoms with Crippen LogP contribution in [-0.4, -0.2) is 50.2 Å². The fourth-order valence-corrected chi connectivity index (χ4v) is 2.28. The fraction of sp³-hybridized carbons (Fsp3) is 0.923. The minimum atomic E-state index is 0.223. The predicted molar refractivity (Wildman–Crippen MR) is 69.0 cm³/mol. The van der Waals surface area contributed by atoms with Gasteiger partial charge in [-0.2, -0.15) is 0 Å². The van der Waals surface area contributed by atoms with Gasteiger partial charge in [0.1, 0.15) is 0 Å². The number of carbonyl (C=O) groups is 1. The monoisotopic (exact) mass is 242 g/mol. The van der Waals surface area contributed by atoms with Gasteiger partial charge in [-0.05, 0) is 25.8 Å². The Morgan fingerprint density at radius 2 is 2.29 bits per heavy atom. The van der Waals surface area contributed by atoms with E-state index in [1.165, 1.54) is 19.3 Å². The number of rotatable bonds is 7. The average Bonchev–Trinajstić information content (AvgIpc) is 2.36. The van der Waals surface area contributed by atoms with Crippen molar-refractivity contribution in [2.75, 3.05) is 33.4 Å². The second-order valence-electron chi connectivity index (χ2n) is 4.73. The summed E-state index contributed by atoms with van der Waals surface area (Å²) >= 11 is 0. The number of methoxy groups -OCH3 is 1. The molecule has 0 saturated carbocycles. The Balaban J connectivity index is 2.37.